The molecule has 1 atom stereocenters. The van der Waals surface area contributed by atoms with E-state index in [-0.39, 0.29) is 5.41 Å². The fraction of sp³-hybridized carbons (Fsp3) is 0.700. The molecule has 0 saturated carbocycles. The first-order chi connectivity index (χ1) is 5.95. The second-order valence-corrected chi connectivity index (χ2v) is 6.44. The maximum absolute atomic E-state index is 4.46. The lowest BCUT2D eigenvalue weighted by Crippen LogP contribution is -2.09. The molecule has 0 aromatic carbocycles. The third-order valence-electron chi connectivity index (χ3n) is 1.92. The highest BCUT2D eigenvalue weighted by Gasteiger charge is 2.19. The number of aromatic nitrogens is 1. The van der Waals surface area contributed by atoms with Crippen LogP contribution in [0.25, 0.3) is 0 Å². The van der Waals surface area contributed by atoms with Gasteiger partial charge in [-0.3, -0.25) is 0 Å². The van der Waals surface area contributed by atoms with Gasteiger partial charge in [0, 0.05) is 21.7 Å². The molecular weight excluding hydrogens is 198 g/mol. The van der Waals surface area contributed by atoms with E-state index in [4.69, 9.17) is 0 Å². The Labute approximate surface area is 89.0 Å². The maximum Gasteiger partial charge on any atom is 0.0981 e. The molecule has 1 rings (SSSR count). The number of hydrogen-bond acceptors (Lipinski definition) is 3. The molecule has 0 spiro atoms. The van der Waals surface area contributed by atoms with Gasteiger partial charge in [0.1, 0.15) is 0 Å². The van der Waals surface area contributed by atoms with Crippen LogP contribution in [-0.4, -0.2) is 11.2 Å². The van der Waals surface area contributed by atoms with Crippen molar-refractivity contribution in [2.24, 2.45) is 0 Å². The molecule has 0 saturated heterocycles. The Morgan fingerprint density at radius 2 is 2.08 bits per heavy atom. The highest BCUT2D eigenvalue weighted by molar-refractivity contribution is 7.98. The Kier molecular flexibility index (Phi) is 3.41. The summed E-state index contributed by atoms with van der Waals surface area (Å²) in [5.74, 6) is 0. The monoisotopic (exact) mass is 215 g/mol. The van der Waals surface area contributed by atoms with Gasteiger partial charge in [0.2, 0.25) is 0 Å². The molecule has 1 nitrogen and oxygen atoms in total. The van der Waals surface area contributed by atoms with Gasteiger partial charge >= 0.3 is 0 Å². The summed E-state index contributed by atoms with van der Waals surface area (Å²) < 4.78 is 0. The summed E-state index contributed by atoms with van der Waals surface area (Å²) in [6, 6.07) is 0. The van der Waals surface area contributed by atoms with Crippen molar-refractivity contribution in [1.82, 2.24) is 4.98 Å². The van der Waals surface area contributed by atoms with Gasteiger partial charge in [-0.2, -0.15) is 11.8 Å². The van der Waals surface area contributed by atoms with Crippen LogP contribution in [0.3, 0.4) is 0 Å². The largest absolute Gasteiger partial charge is 0.249 e. The van der Waals surface area contributed by atoms with E-state index in [1.807, 2.05) is 29.3 Å². The normalized spacial score (nSPS) is 14.5. The van der Waals surface area contributed by atoms with Gasteiger partial charge in [-0.25, -0.2) is 4.98 Å². The van der Waals surface area contributed by atoms with E-state index in [0.29, 0.717) is 5.25 Å². The summed E-state index contributed by atoms with van der Waals surface area (Å²) in [7, 11) is 0. The van der Waals surface area contributed by atoms with E-state index in [2.05, 4.69) is 38.9 Å². The van der Waals surface area contributed by atoms with Gasteiger partial charge in [0.15, 0.2) is 0 Å². The summed E-state index contributed by atoms with van der Waals surface area (Å²) in [4.78, 5) is 5.85. The molecule has 0 radical (unpaired) electrons. The van der Waals surface area contributed by atoms with Crippen molar-refractivity contribution in [1.29, 1.82) is 0 Å². The minimum absolute atomic E-state index is 0.195. The lowest BCUT2D eigenvalue weighted by molar-refractivity contribution is 0.585. The van der Waals surface area contributed by atoms with Crippen LogP contribution in [0, 0.1) is 0 Å². The Bertz CT molecular complexity index is 273. The van der Waals surface area contributed by atoms with Crippen LogP contribution in [0.15, 0.2) is 6.20 Å². The van der Waals surface area contributed by atoms with Crippen LogP contribution in [-0.2, 0) is 5.41 Å². The number of hydrogen-bond donors (Lipinski definition) is 0. The summed E-state index contributed by atoms with van der Waals surface area (Å²) in [6.07, 6.45) is 4.16. The summed E-state index contributed by atoms with van der Waals surface area (Å²) in [6.45, 7) is 8.85. The molecule has 3 heteroatoms. The molecular formula is C10H17NS2. The number of thioether (sulfide) groups is 1. The van der Waals surface area contributed by atoms with Crippen molar-refractivity contribution >= 4 is 23.1 Å². The van der Waals surface area contributed by atoms with Crippen molar-refractivity contribution < 1.29 is 0 Å². The fourth-order valence-electron chi connectivity index (χ4n) is 0.937. The second kappa shape index (κ2) is 4.01. The van der Waals surface area contributed by atoms with Crippen molar-refractivity contribution in [3.05, 3.63) is 16.1 Å². The average molecular weight is 215 g/mol. The van der Waals surface area contributed by atoms with Crippen LogP contribution in [0.1, 0.15) is 42.8 Å². The Hall–Kier alpha value is -0.0200. The molecule has 0 aliphatic carbocycles. The average Bonchev–Trinajstić information content (AvgIpc) is 2.50. The Morgan fingerprint density at radius 1 is 1.46 bits per heavy atom. The molecule has 1 aromatic rings. The van der Waals surface area contributed by atoms with E-state index < -0.39 is 0 Å². The summed E-state index contributed by atoms with van der Waals surface area (Å²) in [5, 5.41) is 1.82. The molecule has 1 heterocycles. The zero-order valence-electron chi connectivity index (χ0n) is 8.92. The van der Waals surface area contributed by atoms with Crippen LogP contribution < -0.4 is 0 Å². The predicted molar refractivity (Wildman–Crippen MR) is 62.7 cm³/mol. The van der Waals surface area contributed by atoms with E-state index in [1.54, 1.807) is 0 Å². The standard InChI is InChI=1S/C10H17NS2/c1-7(12-5)8-6-11-9(13-8)10(2,3)4/h6-7H,1-5H3. The van der Waals surface area contributed by atoms with Gasteiger partial charge < -0.3 is 0 Å². The molecule has 0 amide bonds. The van der Waals surface area contributed by atoms with Crippen LogP contribution in [0.5, 0.6) is 0 Å². The first-order valence-electron chi connectivity index (χ1n) is 4.44. The lowest BCUT2D eigenvalue weighted by atomic mass is 9.98. The van der Waals surface area contributed by atoms with Crippen LogP contribution >= 0.6 is 23.1 Å². The van der Waals surface area contributed by atoms with Gasteiger partial charge in [0.25, 0.3) is 0 Å². The highest BCUT2D eigenvalue weighted by Crippen LogP contribution is 2.34. The molecule has 0 fully saturated rings. The van der Waals surface area contributed by atoms with Crippen molar-refractivity contribution in [3.8, 4) is 0 Å². The first-order valence-corrected chi connectivity index (χ1v) is 6.54. The topological polar surface area (TPSA) is 12.9 Å². The van der Waals surface area contributed by atoms with E-state index in [9.17, 15) is 0 Å². The molecule has 1 unspecified atom stereocenters. The molecule has 0 aliphatic rings. The molecule has 0 aliphatic heterocycles. The van der Waals surface area contributed by atoms with E-state index in [0.717, 1.165) is 0 Å². The number of nitrogens with zero attached hydrogens (tertiary/aromatic N) is 1. The third-order valence-corrected chi connectivity index (χ3v) is 4.64. The first kappa shape index (κ1) is 11.1. The van der Waals surface area contributed by atoms with Crippen molar-refractivity contribution in [2.75, 3.05) is 6.26 Å². The summed E-state index contributed by atoms with van der Waals surface area (Å²) in [5.41, 5.74) is 0.195. The van der Waals surface area contributed by atoms with Crippen molar-refractivity contribution in [3.63, 3.8) is 0 Å². The minimum Gasteiger partial charge on any atom is -0.249 e. The Morgan fingerprint density at radius 3 is 2.46 bits per heavy atom. The summed E-state index contributed by atoms with van der Waals surface area (Å²) >= 11 is 3.71. The van der Waals surface area contributed by atoms with Gasteiger partial charge in [0.05, 0.1) is 5.01 Å². The molecule has 0 N–H and O–H groups in total. The highest BCUT2D eigenvalue weighted by atomic mass is 32.2. The molecule has 0 bridgehead atoms. The van der Waals surface area contributed by atoms with Crippen molar-refractivity contribution in [2.45, 2.75) is 38.4 Å². The smallest absolute Gasteiger partial charge is 0.0981 e. The maximum atomic E-state index is 4.46. The fourth-order valence-corrected chi connectivity index (χ4v) is 2.57. The zero-order valence-corrected chi connectivity index (χ0v) is 10.6. The zero-order chi connectivity index (χ0) is 10.1. The minimum atomic E-state index is 0.195. The van der Waals surface area contributed by atoms with Crippen LogP contribution in [0.2, 0.25) is 0 Å². The van der Waals surface area contributed by atoms with E-state index in [1.165, 1.54) is 9.88 Å². The quantitative estimate of drug-likeness (QED) is 0.743. The molecule has 74 valence electrons. The molecule has 1 aromatic heterocycles. The third kappa shape index (κ3) is 2.71. The van der Waals surface area contributed by atoms with Gasteiger partial charge in [-0.05, 0) is 13.2 Å². The number of thiazole rings is 1. The van der Waals surface area contributed by atoms with Gasteiger partial charge in [-0.15, -0.1) is 11.3 Å². The lowest BCUT2D eigenvalue weighted by Gasteiger charge is -2.13. The SMILES string of the molecule is CSC(C)c1cnc(C(C)(C)C)s1. The van der Waals surface area contributed by atoms with Gasteiger partial charge in [-0.1, -0.05) is 20.8 Å². The van der Waals surface area contributed by atoms with Crippen LogP contribution in [0.4, 0.5) is 0 Å². The predicted octanol–water partition coefficient (Wildman–Crippen LogP) is 3.86. The van der Waals surface area contributed by atoms with E-state index >= 15 is 0 Å². The number of rotatable bonds is 2. The second-order valence-electron chi connectivity index (χ2n) is 4.20. The Balaban J connectivity index is 2.87. The molecule has 13 heavy (non-hydrogen) atoms.